The van der Waals surface area contributed by atoms with Crippen molar-refractivity contribution >= 4 is 17.7 Å². The molecule has 3 amide bonds. The Balaban J connectivity index is 1.33. The van der Waals surface area contributed by atoms with E-state index in [0.717, 1.165) is 18.7 Å². The normalized spacial score (nSPS) is 23.0. The van der Waals surface area contributed by atoms with Crippen molar-refractivity contribution in [3.63, 3.8) is 0 Å². The predicted molar refractivity (Wildman–Crippen MR) is 142 cm³/mol. The fourth-order valence-electron chi connectivity index (χ4n) is 5.65. The van der Waals surface area contributed by atoms with Crippen molar-refractivity contribution in [1.82, 2.24) is 25.2 Å². The van der Waals surface area contributed by atoms with Gasteiger partial charge < -0.3 is 29.1 Å². The maximum atomic E-state index is 13.5. The molecule has 210 valence electrons. The molecule has 3 aliphatic rings. The number of ether oxygens (including phenoxy) is 2. The maximum Gasteiger partial charge on any atom is 0.259 e. The zero-order chi connectivity index (χ0) is 27.4. The van der Waals surface area contributed by atoms with Crippen molar-refractivity contribution in [2.75, 3.05) is 72.2 Å². The average molecular weight is 540 g/mol. The van der Waals surface area contributed by atoms with Crippen LogP contribution in [0.4, 0.5) is 0 Å². The minimum Gasteiger partial charge on any atom is -0.494 e. The summed E-state index contributed by atoms with van der Waals surface area (Å²) in [4.78, 5) is 45.7. The number of carbonyl (C=O) groups excluding carboxylic acids is 3. The van der Waals surface area contributed by atoms with Crippen LogP contribution in [0.3, 0.4) is 0 Å². The lowest BCUT2D eigenvalue weighted by molar-refractivity contribution is -0.132. The molecule has 1 aromatic carbocycles. The van der Waals surface area contributed by atoms with E-state index in [1.807, 2.05) is 29.2 Å². The van der Waals surface area contributed by atoms with Crippen molar-refractivity contribution < 1.29 is 28.4 Å². The van der Waals surface area contributed by atoms with Crippen LogP contribution in [-0.4, -0.2) is 110 Å². The second-order valence-corrected chi connectivity index (χ2v) is 10.5. The zero-order valence-electron chi connectivity index (χ0n) is 22.7. The number of aromatic nitrogens is 1. The smallest absolute Gasteiger partial charge is 0.259 e. The Morgan fingerprint density at radius 3 is 2.59 bits per heavy atom. The van der Waals surface area contributed by atoms with E-state index in [0.29, 0.717) is 88.3 Å². The third-order valence-corrected chi connectivity index (χ3v) is 7.81. The van der Waals surface area contributed by atoms with Crippen molar-refractivity contribution in [2.24, 2.45) is 5.92 Å². The summed E-state index contributed by atoms with van der Waals surface area (Å²) >= 11 is 0. The molecule has 4 heterocycles. The number of nitrogens with one attached hydrogen (secondary N) is 1. The number of likely N-dealkylation sites (tertiary alicyclic amines) is 1. The number of hydrogen-bond donors (Lipinski definition) is 1. The average Bonchev–Trinajstić information content (AvgIpc) is 3.53. The molecular weight excluding hydrogens is 502 g/mol. The lowest BCUT2D eigenvalue weighted by Crippen LogP contribution is -2.45. The quantitative estimate of drug-likeness (QED) is 0.619. The summed E-state index contributed by atoms with van der Waals surface area (Å²) in [5.41, 5.74) is 1.99. The summed E-state index contributed by atoms with van der Waals surface area (Å²) in [5, 5.41) is 6.97. The van der Waals surface area contributed by atoms with Gasteiger partial charge in [-0.05, 0) is 38.0 Å². The second-order valence-electron chi connectivity index (χ2n) is 10.5. The number of aryl methyl sites for hydroxylation is 2. The standard InChI is InChI=1S/C28H37N5O6/c1-19-26(20(2)39-30-19)28(36)32-8-4-12-38-22-6-3-5-21(15-22)23-16-33(17-24(23)27(35)29-7-9-32)25(34)18-31-10-13-37-14-11-31/h3,5-6,15,23-24H,4,7-14,16-18H2,1-2H3,(H,29,35)/t23-,24+/m1/s1. The minimum atomic E-state index is -0.399. The maximum absolute atomic E-state index is 13.5. The fraction of sp³-hybridized carbons (Fsp3) is 0.571. The molecule has 3 aliphatic heterocycles. The third-order valence-electron chi connectivity index (χ3n) is 7.81. The summed E-state index contributed by atoms with van der Waals surface area (Å²) in [6.45, 7) is 8.91. The highest BCUT2D eigenvalue weighted by atomic mass is 16.5. The Morgan fingerprint density at radius 2 is 1.82 bits per heavy atom. The summed E-state index contributed by atoms with van der Waals surface area (Å²) in [6.07, 6.45) is 0.628. The van der Waals surface area contributed by atoms with E-state index in [9.17, 15) is 14.4 Å². The molecule has 2 fully saturated rings. The van der Waals surface area contributed by atoms with Crippen LogP contribution in [0.5, 0.6) is 5.75 Å². The van der Waals surface area contributed by atoms with Gasteiger partial charge in [-0.25, -0.2) is 0 Å². The highest BCUT2D eigenvalue weighted by Crippen LogP contribution is 2.35. The molecule has 2 bridgehead atoms. The number of carbonyl (C=O) groups is 3. The number of nitrogens with zero attached hydrogens (tertiary/aromatic N) is 4. The SMILES string of the molecule is Cc1noc(C)c1C(=O)N1CCCOc2cccc(c2)[C@H]2CN(C(=O)CN3CCOCC3)C[C@@H]2C(=O)NCC1. The topological polar surface area (TPSA) is 117 Å². The van der Waals surface area contributed by atoms with Crippen LogP contribution in [0, 0.1) is 19.8 Å². The predicted octanol–water partition coefficient (Wildman–Crippen LogP) is 1.21. The summed E-state index contributed by atoms with van der Waals surface area (Å²) in [7, 11) is 0. The monoisotopic (exact) mass is 539 g/mol. The number of morpholine rings is 1. The van der Waals surface area contributed by atoms with Gasteiger partial charge in [0.1, 0.15) is 17.1 Å². The van der Waals surface area contributed by atoms with Gasteiger partial charge in [-0.1, -0.05) is 17.3 Å². The van der Waals surface area contributed by atoms with Gasteiger partial charge in [0, 0.05) is 51.7 Å². The van der Waals surface area contributed by atoms with Gasteiger partial charge in [0.2, 0.25) is 11.8 Å². The lowest BCUT2D eigenvalue weighted by Gasteiger charge is -2.28. The molecule has 0 saturated carbocycles. The molecule has 0 spiro atoms. The Labute approximate surface area is 228 Å². The van der Waals surface area contributed by atoms with Gasteiger partial charge in [-0.2, -0.15) is 0 Å². The second kappa shape index (κ2) is 12.2. The number of rotatable bonds is 3. The molecule has 0 unspecified atom stereocenters. The molecule has 1 N–H and O–H groups in total. The van der Waals surface area contributed by atoms with Gasteiger partial charge in [0.15, 0.2) is 0 Å². The molecular formula is C28H37N5O6. The van der Waals surface area contributed by atoms with Gasteiger partial charge in [0.25, 0.3) is 5.91 Å². The first-order valence-electron chi connectivity index (χ1n) is 13.7. The highest BCUT2D eigenvalue weighted by Gasteiger charge is 2.41. The van der Waals surface area contributed by atoms with Crippen molar-refractivity contribution in [1.29, 1.82) is 0 Å². The van der Waals surface area contributed by atoms with E-state index in [-0.39, 0.29) is 23.6 Å². The van der Waals surface area contributed by atoms with E-state index in [2.05, 4.69) is 15.4 Å². The first kappa shape index (κ1) is 27.1. The summed E-state index contributed by atoms with van der Waals surface area (Å²) < 4.78 is 16.7. The number of amides is 3. The molecule has 2 atom stereocenters. The van der Waals surface area contributed by atoms with Crippen LogP contribution in [0.15, 0.2) is 28.8 Å². The van der Waals surface area contributed by atoms with Crippen LogP contribution in [0.1, 0.15) is 39.7 Å². The number of benzene rings is 1. The molecule has 11 heteroatoms. The van der Waals surface area contributed by atoms with Crippen LogP contribution in [0.25, 0.3) is 0 Å². The van der Waals surface area contributed by atoms with Gasteiger partial charge in [0.05, 0.1) is 38.0 Å². The van der Waals surface area contributed by atoms with Crippen molar-refractivity contribution in [3.05, 3.63) is 46.8 Å². The Morgan fingerprint density at radius 1 is 1.03 bits per heavy atom. The van der Waals surface area contributed by atoms with E-state index >= 15 is 0 Å². The minimum absolute atomic E-state index is 0.0266. The first-order chi connectivity index (χ1) is 18.9. The number of fused-ring (bicyclic) bond motifs is 4. The van der Waals surface area contributed by atoms with E-state index < -0.39 is 5.92 Å². The van der Waals surface area contributed by atoms with E-state index in [1.165, 1.54) is 0 Å². The largest absolute Gasteiger partial charge is 0.494 e. The molecule has 0 aliphatic carbocycles. The van der Waals surface area contributed by atoms with E-state index in [1.54, 1.807) is 18.7 Å². The Hall–Kier alpha value is -3.44. The van der Waals surface area contributed by atoms with Crippen LogP contribution in [-0.2, 0) is 14.3 Å². The molecule has 5 rings (SSSR count). The summed E-state index contributed by atoms with van der Waals surface area (Å²) in [5.74, 6) is 0.380. The molecule has 39 heavy (non-hydrogen) atoms. The van der Waals surface area contributed by atoms with Crippen molar-refractivity contribution in [3.8, 4) is 5.75 Å². The first-order valence-corrected chi connectivity index (χ1v) is 13.7. The van der Waals surface area contributed by atoms with Crippen LogP contribution < -0.4 is 10.1 Å². The van der Waals surface area contributed by atoms with Gasteiger partial charge in [-0.3, -0.25) is 19.3 Å². The highest BCUT2D eigenvalue weighted by molar-refractivity contribution is 5.96. The molecule has 1 aromatic heterocycles. The Kier molecular flexibility index (Phi) is 8.47. The van der Waals surface area contributed by atoms with Crippen LogP contribution in [0.2, 0.25) is 0 Å². The number of hydrogen-bond acceptors (Lipinski definition) is 8. The molecule has 0 radical (unpaired) electrons. The third kappa shape index (κ3) is 6.25. The van der Waals surface area contributed by atoms with Crippen LogP contribution >= 0.6 is 0 Å². The van der Waals surface area contributed by atoms with E-state index in [4.69, 9.17) is 14.0 Å². The van der Waals surface area contributed by atoms with Crippen molar-refractivity contribution in [2.45, 2.75) is 26.2 Å². The zero-order valence-corrected chi connectivity index (χ0v) is 22.7. The Bertz CT molecular complexity index is 1170. The molecule has 2 aromatic rings. The molecule has 2 saturated heterocycles. The van der Waals surface area contributed by atoms with Gasteiger partial charge >= 0.3 is 0 Å². The molecule has 11 nitrogen and oxygen atoms in total. The lowest BCUT2D eigenvalue weighted by atomic mass is 9.88. The van der Waals surface area contributed by atoms with Gasteiger partial charge in [-0.15, -0.1) is 0 Å². The fourth-order valence-corrected chi connectivity index (χ4v) is 5.65. The summed E-state index contributed by atoms with van der Waals surface area (Å²) in [6, 6.07) is 7.80.